The Morgan fingerprint density at radius 1 is 1.29 bits per heavy atom. The van der Waals surface area contributed by atoms with Crippen LogP contribution in [0, 0.1) is 18.6 Å². The predicted octanol–water partition coefficient (Wildman–Crippen LogP) is 5.84. The van der Waals surface area contributed by atoms with Crippen LogP contribution in [0.5, 0.6) is 0 Å². The minimum absolute atomic E-state index is 0.202. The van der Waals surface area contributed by atoms with Gasteiger partial charge in [-0.05, 0) is 54.0 Å². The molecule has 1 unspecified atom stereocenters. The maximum Gasteiger partial charge on any atom is 0.142 e. The van der Waals surface area contributed by atoms with Gasteiger partial charge in [-0.25, -0.2) is 8.78 Å². The van der Waals surface area contributed by atoms with E-state index in [-0.39, 0.29) is 10.6 Å². The number of thiophene rings is 1. The third-order valence-corrected chi connectivity index (χ3v) is 5.37. The van der Waals surface area contributed by atoms with Gasteiger partial charge in [-0.1, -0.05) is 18.5 Å². The summed E-state index contributed by atoms with van der Waals surface area (Å²) in [5.41, 5.74) is 0.271. The van der Waals surface area contributed by atoms with Gasteiger partial charge in [-0.15, -0.1) is 11.3 Å². The maximum absolute atomic E-state index is 14.2. The highest BCUT2D eigenvalue weighted by Gasteiger charge is 2.23. The number of hydrogen-bond acceptors (Lipinski definition) is 2. The maximum atomic E-state index is 14.2. The Bertz CT molecular complexity index is 645. The van der Waals surface area contributed by atoms with E-state index in [2.05, 4.69) is 21.2 Å². The highest BCUT2D eigenvalue weighted by molar-refractivity contribution is 9.10. The molecule has 114 valence electrons. The summed E-state index contributed by atoms with van der Waals surface area (Å²) in [6.45, 7) is 4.71. The molecule has 0 saturated heterocycles. The minimum atomic E-state index is -0.610. The Hall–Kier alpha value is -0.490. The van der Waals surface area contributed by atoms with Crippen molar-refractivity contribution in [1.82, 2.24) is 5.32 Å². The Morgan fingerprint density at radius 3 is 2.57 bits per heavy atom. The van der Waals surface area contributed by atoms with Crippen LogP contribution in [-0.4, -0.2) is 6.54 Å². The lowest BCUT2D eigenvalue weighted by Gasteiger charge is -2.19. The average molecular weight is 395 g/mol. The van der Waals surface area contributed by atoms with E-state index in [1.165, 1.54) is 6.07 Å². The molecule has 21 heavy (non-hydrogen) atoms. The molecule has 1 aromatic carbocycles. The first-order chi connectivity index (χ1) is 9.93. The van der Waals surface area contributed by atoms with Crippen LogP contribution in [-0.2, 0) is 0 Å². The molecule has 1 aromatic heterocycles. The fourth-order valence-corrected chi connectivity index (χ4v) is 4.21. The van der Waals surface area contributed by atoms with E-state index in [1.807, 2.05) is 19.9 Å². The lowest BCUT2D eigenvalue weighted by molar-refractivity contribution is 0.538. The smallest absolute Gasteiger partial charge is 0.142 e. The zero-order valence-electron chi connectivity index (χ0n) is 11.6. The topological polar surface area (TPSA) is 12.0 Å². The molecular weight excluding hydrogens is 380 g/mol. The first kappa shape index (κ1) is 16.9. The van der Waals surface area contributed by atoms with E-state index in [1.54, 1.807) is 11.3 Å². The van der Waals surface area contributed by atoms with Gasteiger partial charge in [0.15, 0.2) is 0 Å². The quantitative estimate of drug-likeness (QED) is 0.628. The molecule has 0 aliphatic heterocycles. The van der Waals surface area contributed by atoms with E-state index in [0.717, 1.165) is 26.7 Å². The molecule has 0 amide bonds. The zero-order valence-corrected chi connectivity index (χ0v) is 14.8. The number of nitrogens with one attached hydrogen (secondary N) is 1. The Kier molecular flexibility index (Phi) is 5.77. The predicted molar refractivity (Wildman–Crippen MR) is 88.3 cm³/mol. The monoisotopic (exact) mass is 393 g/mol. The zero-order chi connectivity index (χ0) is 15.6. The van der Waals surface area contributed by atoms with Crippen LogP contribution in [0.25, 0.3) is 0 Å². The van der Waals surface area contributed by atoms with Crippen molar-refractivity contribution in [3.63, 3.8) is 0 Å². The van der Waals surface area contributed by atoms with Crippen LogP contribution in [0.4, 0.5) is 8.78 Å². The summed E-state index contributed by atoms with van der Waals surface area (Å²) in [6.07, 6.45) is 0.899. The van der Waals surface area contributed by atoms with Crippen molar-refractivity contribution >= 4 is 38.9 Å². The molecule has 1 nitrogen and oxygen atoms in total. The summed E-state index contributed by atoms with van der Waals surface area (Å²) in [5, 5.41) is 3.07. The first-order valence-corrected chi connectivity index (χ1v) is 8.56. The van der Waals surface area contributed by atoms with Crippen LogP contribution >= 0.6 is 38.9 Å². The van der Waals surface area contributed by atoms with Crippen molar-refractivity contribution in [2.45, 2.75) is 26.3 Å². The summed E-state index contributed by atoms with van der Waals surface area (Å²) in [7, 11) is 0. The molecular formula is C15H15BrClF2NS. The van der Waals surface area contributed by atoms with Gasteiger partial charge < -0.3 is 5.32 Å². The van der Waals surface area contributed by atoms with Crippen molar-refractivity contribution < 1.29 is 8.78 Å². The van der Waals surface area contributed by atoms with Crippen molar-refractivity contribution in [3.05, 3.63) is 54.6 Å². The third-order valence-electron chi connectivity index (χ3n) is 3.05. The van der Waals surface area contributed by atoms with Crippen LogP contribution in [0.3, 0.4) is 0 Å². The van der Waals surface area contributed by atoms with E-state index in [9.17, 15) is 8.78 Å². The van der Waals surface area contributed by atoms with E-state index in [0.29, 0.717) is 6.54 Å². The lowest BCUT2D eigenvalue weighted by Crippen LogP contribution is -2.24. The Labute approximate surface area is 140 Å². The summed E-state index contributed by atoms with van der Waals surface area (Å²) in [6, 6.07) is 3.78. The number of halogens is 4. The molecule has 0 saturated carbocycles. The highest BCUT2D eigenvalue weighted by Crippen LogP contribution is 2.37. The fourth-order valence-electron chi connectivity index (χ4n) is 2.09. The van der Waals surface area contributed by atoms with Gasteiger partial charge in [0.1, 0.15) is 11.6 Å². The summed E-state index contributed by atoms with van der Waals surface area (Å²) >= 11 is 10.7. The van der Waals surface area contributed by atoms with Gasteiger partial charge >= 0.3 is 0 Å². The normalized spacial score (nSPS) is 12.7. The van der Waals surface area contributed by atoms with E-state index >= 15 is 0 Å². The third kappa shape index (κ3) is 3.83. The lowest BCUT2D eigenvalue weighted by atomic mass is 10.0. The fraction of sp³-hybridized carbons (Fsp3) is 0.333. The molecule has 0 aliphatic rings. The van der Waals surface area contributed by atoms with Gasteiger partial charge in [0.2, 0.25) is 0 Å². The van der Waals surface area contributed by atoms with E-state index in [4.69, 9.17) is 11.6 Å². The largest absolute Gasteiger partial charge is 0.305 e. The van der Waals surface area contributed by atoms with Gasteiger partial charge in [0.05, 0.1) is 11.1 Å². The molecule has 1 heterocycles. The van der Waals surface area contributed by atoms with Gasteiger partial charge in [0, 0.05) is 19.8 Å². The molecule has 0 spiro atoms. The molecule has 1 N–H and O–H groups in total. The van der Waals surface area contributed by atoms with Crippen LogP contribution in [0.1, 0.15) is 34.7 Å². The SMILES string of the molecule is CCCNC(c1cc(F)c(Cl)cc1F)c1sc(C)cc1Br. The molecule has 6 heteroatoms. The molecule has 0 radical (unpaired) electrons. The number of aryl methyl sites for hydroxylation is 1. The number of benzene rings is 1. The number of rotatable bonds is 5. The summed E-state index contributed by atoms with van der Waals surface area (Å²) in [5.74, 6) is -1.12. The van der Waals surface area contributed by atoms with Crippen molar-refractivity contribution in [2.24, 2.45) is 0 Å². The number of hydrogen-bond donors (Lipinski definition) is 1. The summed E-state index contributed by atoms with van der Waals surface area (Å²) < 4.78 is 28.9. The second-order valence-electron chi connectivity index (χ2n) is 4.74. The second-order valence-corrected chi connectivity index (χ2v) is 7.29. The standard InChI is InChI=1S/C15H15BrClF2NS/c1-3-4-20-14(15-10(16)5-8(2)21-15)9-6-13(19)11(17)7-12(9)18/h5-7,14,20H,3-4H2,1-2H3. The van der Waals surface area contributed by atoms with Crippen molar-refractivity contribution in [2.75, 3.05) is 6.54 Å². The van der Waals surface area contributed by atoms with Gasteiger partial charge in [-0.2, -0.15) is 0 Å². The van der Waals surface area contributed by atoms with E-state index < -0.39 is 17.7 Å². The van der Waals surface area contributed by atoms with Gasteiger partial charge in [-0.3, -0.25) is 0 Å². The second kappa shape index (κ2) is 7.18. The van der Waals surface area contributed by atoms with Crippen molar-refractivity contribution in [1.29, 1.82) is 0 Å². The van der Waals surface area contributed by atoms with Crippen LogP contribution in [0.2, 0.25) is 5.02 Å². The first-order valence-electron chi connectivity index (χ1n) is 6.57. The molecule has 0 aliphatic carbocycles. The molecule has 1 atom stereocenters. The summed E-state index contributed by atoms with van der Waals surface area (Å²) in [4.78, 5) is 2.04. The van der Waals surface area contributed by atoms with Crippen molar-refractivity contribution in [3.8, 4) is 0 Å². The molecule has 2 aromatic rings. The Balaban J connectivity index is 2.50. The average Bonchev–Trinajstić information content (AvgIpc) is 2.75. The van der Waals surface area contributed by atoms with Gasteiger partial charge in [0.25, 0.3) is 0 Å². The molecule has 2 rings (SSSR count). The van der Waals surface area contributed by atoms with Crippen LogP contribution in [0.15, 0.2) is 22.7 Å². The minimum Gasteiger partial charge on any atom is -0.305 e. The molecule has 0 bridgehead atoms. The van der Waals surface area contributed by atoms with Crippen LogP contribution < -0.4 is 5.32 Å². The Morgan fingerprint density at radius 2 is 2.00 bits per heavy atom. The highest BCUT2D eigenvalue weighted by atomic mass is 79.9. The molecule has 0 fully saturated rings.